The lowest BCUT2D eigenvalue weighted by Gasteiger charge is -2.15. The average Bonchev–Trinajstić information content (AvgIpc) is 2.65. The Labute approximate surface area is 95.5 Å². The molecule has 0 aromatic heterocycles. The van der Waals surface area contributed by atoms with E-state index < -0.39 is 0 Å². The molecule has 0 heteroatoms. The van der Waals surface area contributed by atoms with E-state index in [0.29, 0.717) is 0 Å². The van der Waals surface area contributed by atoms with Gasteiger partial charge in [0.25, 0.3) is 0 Å². The smallest absolute Gasteiger partial charge is 0.0274 e. The molecule has 15 heavy (non-hydrogen) atoms. The number of hydrogen-bond acceptors (Lipinski definition) is 0. The normalized spacial score (nSPS) is 18.4. The fourth-order valence-corrected chi connectivity index (χ4v) is 2.82. The largest absolute Gasteiger partial charge is 0.0698 e. The number of rotatable bonds is 5. The van der Waals surface area contributed by atoms with Crippen LogP contribution < -0.4 is 0 Å². The molecule has 0 aromatic rings. The van der Waals surface area contributed by atoms with Crippen molar-refractivity contribution in [2.75, 3.05) is 0 Å². The molecule has 86 valence electrons. The van der Waals surface area contributed by atoms with Crippen LogP contribution in [0.2, 0.25) is 0 Å². The van der Waals surface area contributed by atoms with Gasteiger partial charge in [0.2, 0.25) is 0 Å². The van der Waals surface area contributed by atoms with Crippen LogP contribution in [0.25, 0.3) is 0 Å². The molecule has 0 amide bonds. The second kappa shape index (κ2) is 6.15. The molecule has 0 aliphatic heterocycles. The highest BCUT2D eigenvalue weighted by atomic mass is 14.2. The van der Waals surface area contributed by atoms with Gasteiger partial charge in [0.15, 0.2) is 0 Å². The van der Waals surface area contributed by atoms with E-state index in [4.69, 9.17) is 0 Å². The van der Waals surface area contributed by atoms with Crippen molar-refractivity contribution >= 4 is 0 Å². The summed E-state index contributed by atoms with van der Waals surface area (Å²) >= 11 is 0. The molecule has 1 rings (SSSR count). The summed E-state index contributed by atoms with van der Waals surface area (Å²) in [5.74, 6) is 0. The Balaban J connectivity index is 2.98. The highest BCUT2D eigenvalue weighted by Gasteiger charge is 2.15. The SMILES string of the molecule is CCC/C(CC)=C(/CC)C1=C(C)CCC1. The summed E-state index contributed by atoms with van der Waals surface area (Å²) in [7, 11) is 0. The van der Waals surface area contributed by atoms with Gasteiger partial charge < -0.3 is 0 Å². The van der Waals surface area contributed by atoms with Crippen LogP contribution in [0.1, 0.15) is 72.6 Å². The third-order valence-corrected chi connectivity index (χ3v) is 3.62. The van der Waals surface area contributed by atoms with Crippen LogP contribution in [0.5, 0.6) is 0 Å². The summed E-state index contributed by atoms with van der Waals surface area (Å²) < 4.78 is 0. The summed E-state index contributed by atoms with van der Waals surface area (Å²) in [4.78, 5) is 0. The Bertz CT molecular complexity index is 266. The molecule has 0 radical (unpaired) electrons. The Kier molecular flexibility index (Phi) is 5.14. The first-order valence-corrected chi connectivity index (χ1v) is 6.64. The monoisotopic (exact) mass is 206 g/mol. The predicted molar refractivity (Wildman–Crippen MR) is 69.1 cm³/mol. The molecule has 0 saturated carbocycles. The maximum absolute atomic E-state index is 2.33. The van der Waals surface area contributed by atoms with Crippen LogP contribution in [-0.2, 0) is 0 Å². The van der Waals surface area contributed by atoms with Crippen LogP contribution in [0, 0.1) is 0 Å². The van der Waals surface area contributed by atoms with E-state index in [1.807, 2.05) is 0 Å². The zero-order chi connectivity index (χ0) is 11.3. The Morgan fingerprint density at radius 1 is 1.07 bits per heavy atom. The molecule has 0 heterocycles. The summed E-state index contributed by atoms with van der Waals surface area (Å²) in [6, 6.07) is 0. The third-order valence-electron chi connectivity index (χ3n) is 3.62. The van der Waals surface area contributed by atoms with Gasteiger partial charge in [-0.05, 0) is 56.6 Å². The van der Waals surface area contributed by atoms with Gasteiger partial charge in [0, 0.05) is 0 Å². The topological polar surface area (TPSA) is 0 Å². The molecule has 0 saturated heterocycles. The zero-order valence-electron chi connectivity index (χ0n) is 10.9. The highest BCUT2D eigenvalue weighted by Crippen LogP contribution is 2.35. The molecule has 0 bridgehead atoms. The molecule has 0 N–H and O–H groups in total. The highest BCUT2D eigenvalue weighted by molar-refractivity contribution is 5.40. The van der Waals surface area contributed by atoms with Gasteiger partial charge >= 0.3 is 0 Å². The van der Waals surface area contributed by atoms with Gasteiger partial charge in [-0.25, -0.2) is 0 Å². The first-order chi connectivity index (χ1) is 7.24. The van der Waals surface area contributed by atoms with E-state index in [-0.39, 0.29) is 0 Å². The van der Waals surface area contributed by atoms with Gasteiger partial charge in [-0.1, -0.05) is 38.3 Å². The second-order valence-corrected chi connectivity index (χ2v) is 4.65. The lowest BCUT2D eigenvalue weighted by atomic mass is 9.91. The number of hydrogen-bond donors (Lipinski definition) is 0. The molecule has 0 fully saturated rings. The predicted octanol–water partition coefficient (Wildman–Crippen LogP) is 5.40. The maximum Gasteiger partial charge on any atom is -0.0274 e. The second-order valence-electron chi connectivity index (χ2n) is 4.65. The van der Waals surface area contributed by atoms with Crippen molar-refractivity contribution in [2.45, 2.75) is 72.6 Å². The van der Waals surface area contributed by atoms with Crippen molar-refractivity contribution < 1.29 is 0 Å². The fraction of sp³-hybridized carbons (Fsp3) is 0.733. The fourth-order valence-electron chi connectivity index (χ4n) is 2.82. The third kappa shape index (κ3) is 2.96. The van der Waals surface area contributed by atoms with Gasteiger partial charge in [-0.2, -0.15) is 0 Å². The van der Waals surface area contributed by atoms with Crippen molar-refractivity contribution in [3.05, 3.63) is 22.3 Å². The summed E-state index contributed by atoms with van der Waals surface area (Å²) in [5.41, 5.74) is 6.79. The number of allylic oxidation sites excluding steroid dienone is 4. The Morgan fingerprint density at radius 2 is 1.80 bits per heavy atom. The van der Waals surface area contributed by atoms with E-state index >= 15 is 0 Å². The summed E-state index contributed by atoms with van der Waals surface area (Å²) in [6.07, 6.45) is 9.12. The molecule has 0 spiro atoms. The van der Waals surface area contributed by atoms with Crippen molar-refractivity contribution in [1.82, 2.24) is 0 Å². The lowest BCUT2D eigenvalue weighted by Crippen LogP contribution is -1.95. The van der Waals surface area contributed by atoms with Gasteiger partial charge in [-0.3, -0.25) is 0 Å². The summed E-state index contributed by atoms with van der Waals surface area (Å²) in [6.45, 7) is 9.25. The van der Waals surface area contributed by atoms with Crippen molar-refractivity contribution in [3.8, 4) is 0 Å². The molecule has 0 nitrogen and oxygen atoms in total. The molecule has 0 atom stereocenters. The zero-order valence-corrected chi connectivity index (χ0v) is 10.9. The van der Waals surface area contributed by atoms with Crippen LogP contribution in [-0.4, -0.2) is 0 Å². The molecule has 0 unspecified atom stereocenters. The standard InChI is InChI=1S/C15H26/c1-5-9-13(6-2)14(7-3)15-11-8-10-12(15)4/h5-11H2,1-4H3/b14-13-. The van der Waals surface area contributed by atoms with Gasteiger partial charge in [0.05, 0.1) is 0 Å². The van der Waals surface area contributed by atoms with Crippen molar-refractivity contribution in [1.29, 1.82) is 0 Å². The molecule has 0 aromatic carbocycles. The quantitative estimate of drug-likeness (QED) is 0.564. The van der Waals surface area contributed by atoms with Crippen LogP contribution in [0.15, 0.2) is 22.3 Å². The molecule has 1 aliphatic rings. The van der Waals surface area contributed by atoms with Crippen LogP contribution in [0.4, 0.5) is 0 Å². The Morgan fingerprint density at radius 3 is 2.20 bits per heavy atom. The minimum atomic E-state index is 1.23. The molecular formula is C15H26. The van der Waals surface area contributed by atoms with E-state index in [1.54, 1.807) is 22.3 Å². The first kappa shape index (κ1) is 12.5. The Hall–Kier alpha value is -0.520. The average molecular weight is 206 g/mol. The van der Waals surface area contributed by atoms with Crippen LogP contribution in [0.3, 0.4) is 0 Å². The van der Waals surface area contributed by atoms with E-state index in [1.165, 1.54) is 44.9 Å². The van der Waals surface area contributed by atoms with Crippen molar-refractivity contribution in [3.63, 3.8) is 0 Å². The van der Waals surface area contributed by atoms with E-state index in [0.717, 1.165) is 0 Å². The molecule has 1 aliphatic carbocycles. The van der Waals surface area contributed by atoms with Gasteiger partial charge in [0.1, 0.15) is 0 Å². The first-order valence-electron chi connectivity index (χ1n) is 6.64. The van der Waals surface area contributed by atoms with E-state index in [2.05, 4.69) is 27.7 Å². The van der Waals surface area contributed by atoms with Gasteiger partial charge in [-0.15, -0.1) is 0 Å². The minimum Gasteiger partial charge on any atom is -0.0698 e. The molecular weight excluding hydrogens is 180 g/mol. The van der Waals surface area contributed by atoms with Crippen LogP contribution >= 0.6 is 0 Å². The summed E-state index contributed by atoms with van der Waals surface area (Å²) in [5, 5.41) is 0. The minimum absolute atomic E-state index is 1.23. The van der Waals surface area contributed by atoms with E-state index in [9.17, 15) is 0 Å². The lowest BCUT2D eigenvalue weighted by molar-refractivity contribution is 0.820. The maximum atomic E-state index is 2.33. The van der Waals surface area contributed by atoms with Crippen molar-refractivity contribution in [2.24, 2.45) is 0 Å².